The zero-order valence-corrected chi connectivity index (χ0v) is 16.3. The van der Waals surface area contributed by atoms with E-state index >= 15 is 0 Å². The first kappa shape index (κ1) is 19.3. The molecule has 3 N–H and O–H groups in total. The molecule has 0 bridgehead atoms. The Bertz CT molecular complexity index is 581. The molecular formula is C19H30N3O3S+. The number of hydrogen-bond acceptors (Lipinski definition) is 4. The molecule has 2 fully saturated rings. The van der Waals surface area contributed by atoms with Gasteiger partial charge in [0.25, 0.3) is 0 Å². The summed E-state index contributed by atoms with van der Waals surface area (Å²) in [7, 11) is 0. The van der Waals surface area contributed by atoms with Gasteiger partial charge >= 0.3 is 11.8 Å². The van der Waals surface area contributed by atoms with Crippen molar-refractivity contribution in [2.75, 3.05) is 26.3 Å². The van der Waals surface area contributed by atoms with E-state index in [1.54, 1.807) is 11.3 Å². The molecule has 1 aliphatic carbocycles. The third kappa shape index (κ3) is 5.05. The van der Waals surface area contributed by atoms with E-state index in [1.807, 2.05) is 13.0 Å². The maximum atomic E-state index is 12.4. The highest BCUT2D eigenvalue weighted by molar-refractivity contribution is 7.10. The second-order valence-corrected chi connectivity index (χ2v) is 8.31. The zero-order chi connectivity index (χ0) is 18.4. The zero-order valence-electron chi connectivity index (χ0n) is 15.5. The van der Waals surface area contributed by atoms with Crippen LogP contribution in [0.2, 0.25) is 0 Å². The monoisotopic (exact) mass is 380 g/mol. The van der Waals surface area contributed by atoms with Gasteiger partial charge in [-0.25, -0.2) is 0 Å². The van der Waals surface area contributed by atoms with Gasteiger partial charge in [0.05, 0.1) is 24.1 Å². The number of ether oxygens (including phenoxy) is 1. The van der Waals surface area contributed by atoms with Crippen LogP contribution in [0, 0.1) is 0 Å². The number of carbonyl (C=O) groups excluding carboxylic acids is 2. The minimum absolute atomic E-state index is 0.119. The van der Waals surface area contributed by atoms with Gasteiger partial charge in [-0.05, 0) is 31.2 Å². The van der Waals surface area contributed by atoms with Gasteiger partial charge in [0.15, 0.2) is 0 Å². The quantitative estimate of drug-likeness (QED) is 0.657. The molecule has 0 unspecified atom stereocenters. The SMILES string of the molecule is C[C@H](NC(=O)C(=O)NC1CCCCC1)[C@H](c1cccs1)[NH+]1CCOCC1. The molecule has 1 aliphatic heterocycles. The number of amides is 2. The molecule has 6 nitrogen and oxygen atoms in total. The lowest BCUT2D eigenvalue weighted by Crippen LogP contribution is -3.15. The lowest BCUT2D eigenvalue weighted by atomic mass is 9.95. The fraction of sp³-hybridized carbons (Fsp3) is 0.684. The van der Waals surface area contributed by atoms with Gasteiger partial charge in [0.2, 0.25) is 0 Å². The summed E-state index contributed by atoms with van der Waals surface area (Å²) in [6, 6.07) is 4.33. The molecule has 7 heteroatoms. The molecular weight excluding hydrogens is 350 g/mol. The van der Waals surface area contributed by atoms with Crippen molar-refractivity contribution in [3.8, 4) is 0 Å². The minimum Gasteiger partial charge on any atom is -0.370 e. The van der Waals surface area contributed by atoms with Crippen LogP contribution in [-0.2, 0) is 14.3 Å². The molecule has 0 aromatic carbocycles. The highest BCUT2D eigenvalue weighted by atomic mass is 32.1. The second-order valence-electron chi connectivity index (χ2n) is 7.33. The summed E-state index contributed by atoms with van der Waals surface area (Å²) >= 11 is 1.70. The summed E-state index contributed by atoms with van der Waals surface area (Å²) in [5.41, 5.74) is 0. The molecule has 26 heavy (non-hydrogen) atoms. The molecule has 2 aliphatic rings. The summed E-state index contributed by atoms with van der Waals surface area (Å²) < 4.78 is 5.48. The first-order valence-electron chi connectivity index (χ1n) is 9.72. The predicted octanol–water partition coefficient (Wildman–Crippen LogP) is 0.658. The van der Waals surface area contributed by atoms with E-state index in [0.717, 1.165) is 52.0 Å². The number of quaternary nitrogens is 1. The van der Waals surface area contributed by atoms with Gasteiger partial charge in [-0.1, -0.05) is 25.3 Å². The number of morpholine rings is 1. The van der Waals surface area contributed by atoms with E-state index in [4.69, 9.17) is 4.74 Å². The maximum absolute atomic E-state index is 12.4. The number of rotatable bonds is 5. The number of nitrogens with one attached hydrogen (secondary N) is 3. The summed E-state index contributed by atoms with van der Waals surface area (Å²) in [5, 5.41) is 7.91. The average Bonchev–Trinajstić information content (AvgIpc) is 3.17. The van der Waals surface area contributed by atoms with Crippen molar-refractivity contribution in [1.29, 1.82) is 0 Å². The number of carbonyl (C=O) groups is 2. The molecule has 1 aromatic heterocycles. The molecule has 1 saturated carbocycles. The molecule has 0 radical (unpaired) electrons. The first-order valence-corrected chi connectivity index (χ1v) is 10.6. The Hall–Kier alpha value is -1.44. The lowest BCUT2D eigenvalue weighted by Gasteiger charge is -2.34. The van der Waals surface area contributed by atoms with E-state index in [-0.39, 0.29) is 18.1 Å². The van der Waals surface area contributed by atoms with Gasteiger partial charge in [-0.2, -0.15) is 0 Å². The Morgan fingerprint density at radius 3 is 2.58 bits per heavy atom. The molecule has 144 valence electrons. The van der Waals surface area contributed by atoms with E-state index in [0.29, 0.717) is 0 Å². The van der Waals surface area contributed by atoms with Gasteiger partial charge in [-0.3, -0.25) is 9.59 Å². The highest BCUT2D eigenvalue weighted by Crippen LogP contribution is 2.20. The molecule has 1 aromatic rings. The number of thiophene rings is 1. The highest BCUT2D eigenvalue weighted by Gasteiger charge is 2.34. The second kappa shape index (κ2) is 9.48. The lowest BCUT2D eigenvalue weighted by molar-refractivity contribution is -0.939. The van der Waals surface area contributed by atoms with Crippen molar-refractivity contribution in [3.05, 3.63) is 22.4 Å². The van der Waals surface area contributed by atoms with Crippen molar-refractivity contribution in [2.45, 2.75) is 57.2 Å². The van der Waals surface area contributed by atoms with Crippen LogP contribution < -0.4 is 15.5 Å². The van der Waals surface area contributed by atoms with Crippen LogP contribution in [0.4, 0.5) is 0 Å². The normalized spacial score (nSPS) is 21.7. The Balaban J connectivity index is 1.60. The van der Waals surface area contributed by atoms with Crippen LogP contribution >= 0.6 is 11.3 Å². The van der Waals surface area contributed by atoms with Crippen LogP contribution in [0.25, 0.3) is 0 Å². The van der Waals surface area contributed by atoms with Crippen molar-refractivity contribution in [1.82, 2.24) is 10.6 Å². The van der Waals surface area contributed by atoms with Gasteiger partial charge in [0.1, 0.15) is 19.1 Å². The largest absolute Gasteiger partial charge is 0.370 e. The summed E-state index contributed by atoms with van der Waals surface area (Å²) in [6.45, 7) is 5.30. The Labute approximate surface area is 159 Å². The smallest absolute Gasteiger partial charge is 0.309 e. The minimum atomic E-state index is -0.516. The average molecular weight is 381 g/mol. The molecule has 1 saturated heterocycles. The van der Waals surface area contributed by atoms with Crippen LogP contribution in [-0.4, -0.2) is 50.2 Å². The molecule has 2 heterocycles. The van der Waals surface area contributed by atoms with Crippen LogP contribution in [0.1, 0.15) is 49.9 Å². The van der Waals surface area contributed by atoms with Crippen molar-refractivity contribution in [2.24, 2.45) is 0 Å². The third-order valence-corrected chi connectivity index (χ3v) is 6.39. The van der Waals surface area contributed by atoms with Crippen LogP contribution in [0.3, 0.4) is 0 Å². The van der Waals surface area contributed by atoms with E-state index in [2.05, 4.69) is 22.1 Å². The predicted molar refractivity (Wildman–Crippen MR) is 101 cm³/mol. The Morgan fingerprint density at radius 2 is 1.92 bits per heavy atom. The third-order valence-electron chi connectivity index (χ3n) is 5.43. The molecule has 2 atom stereocenters. The topological polar surface area (TPSA) is 71.9 Å². The van der Waals surface area contributed by atoms with Gasteiger partial charge in [0, 0.05) is 6.04 Å². The number of hydrogen-bond donors (Lipinski definition) is 3. The molecule has 3 rings (SSSR count). The summed E-state index contributed by atoms with van der Waals surface area (Å²) in [4.78, 5) is 27.4. The fourth-order valence-electron chi connectivity index (χ4n) is 4.07. The van der Waals surface area contributed by atoms with Gasteiger partial charge < -0.3 is 20.3 Å². The maximum Gasteiger partial charge on any atom is 0.309 e. The van der Waals surface area contributed by atoms with Crippen molar-refractivity contribution >= 4 is 23.2 Å². The molecule has 2 amide bonds. The molecule has 0 spiro atoms. The van der Waals surface area contributed by atoms with Crippen LogP contribution in [0.15, 0.2) is 17.5 Å². The Morgan fingerprint density at radius 1 is 1.19 bits per heavy atom. The first-order chi connectivity index (χ1) is 12.6. The van der Waals surface area contributed by atoms with Crippen molar-refractivity contribution in [3.63, 3.8) is 0 Å². The summed E-state index contributed by atoms with van der Waals surface area (Å²) in [6.07, 6.45) is 5.43. The Kier molecular flexibility index (Phi) is 7.05. The van der Waals surface area contributed by atoms with E-state index < -0.39 is 11.8 Å². The van der Waals surface area contributed by atoms with E-state index in [9.17, 15) is 9.59 Å². The fourth-order valence-corrected chi connectivity index (χ4v) is 5.06. The van der Waals surface area contributed by atoms with Gasteiger partial charge in [-0.15, -0.1) is 11.3 Å². The van der Waals surface area contributed by atoms with E-state index in [1.165, 1.54) is 16.2 Å². The van der Waals surface area contributed by atoms with Crippen LogP contribution in [0.5, 0.6) is 0 Å². The van der Waals surface area contributed by atoms with Crippen molar-refractivity contribution < 1.29 is 19.2 Å². The summed E-state index contributed by atoms with van der Waals surface area (Å²) in [5.74, 6) is -1.01. The standard InChI is InChI=1S/C19H29N3O3S/c1-14(20-18(23)19(24)21-15-6-3-2-4-7-15)17(16-8-5-13-26-16)22-9-11-25-12-10-22/h5,8,13-15,17H,2-4,6-7,9-12H2,1H3,(H,20,23)(H,21,24)/p+1/t14-,17+/m0/s1.